The number of aryl methyl sites for hydroxylation is 1. The van der Waals surface area contributed by atoms with Gasteiger partial charge in [0.2, 0.25) is 0 Å². The summed E-state index contributed by atoms with van der Waals surface area (Å²) in [6, 6.07) is 21.4. The van der Waals surface area contributed by atoms with Crippen molar-refractivity contribution in [2.45, 2.75) is 13.5 Å². The Labute approximate surface area is 169 Å². The monoisotopic (exact) mass is 390 g/mol. The van der Waals surface area contributed by atoms with Crippen molar-refractivity contribution >= 4 is 11.8 Å². The van der Waals surface area contributed by atoms with Crippen LogP contribution in [0.5, 0.6) is 11.5 Å². The van der Waals surface area contributed by atoms with Gasteiger partial charge in [0, 0.05) is 5.56 Å². The average molecular weight is 390 g/mol. The summed E-state index contributed by atoms with van der Waals surface area (Å²) in [7, 11) is 1.59. The van der Waals surface area contributed by atoms with E-state index >= 15 is 0 Å². The Balaban J connectivity index is 1.53. The highest BCUT2D eigenvalue weighted by molar-refractivity contribution is 5.99. The number of para-hydroxylation sites is 2. The summed E-state index contributed by atoms with van der Waals surface area (Å²) in [6.45, 7) is 1.99. The molecule has 0 unspecified atom stereocenters. The molecule has 5 heteroatoms. The average Bonchev–Trinajstić information content (AvgIpc) is 2.76. The van der Waals surface area contributed by atoms with Crippen LogP contribution in [0.15, 0.2) is 72.8 Å². The zero-order valence-corrected chi connectivity index (χ0v) is 16.4. The molecule has 0 radical (unpaired) electrons. The molecule has 3 rings (SSSR count). The number of esters is 1. The molecule has 5 nitrogen and oxygen atoms in total. The molecule has 0 amide bonds. The molecule has 0 aliphatic rings. The van der Waals surface area contributed by atoms with Crippen molar-refractivity contribution in [1.29, 1.82) is 0 Å². The first-order chi connectivity index (χ1) is 14.1. The largest absolute Gasteiger partial charge is 0.493 e. The van der Waals surface area contributed by atoms with E-state index in [4.69, 9.17) is 14.2 Å². The molecular weight excluding hydrogens is 368 g/mol. The Morgan fingerprint density at radius 3 is 2.07 bits per heavy atom. The number of benzene rings is 3. The van der Waals surface area contributed by atoms with Gasteiger partial charge in [0.25, 0.3) is 0 Å². The second-order valence-corrected chi connectivity index (χ2v) is 6.50. The maximum absolute atomic E-state index is 12.2. The number of carbonyl (C=O) groups excluding carboxylic acids is 2. The van der Waals surface area contributed by atoms with E-state index in [1.165, 1.54) is 0 Å². The lowest BCUT2D eigenvalue weighted by Crippen LogP contribution is -2.14. The SMILES string of the molecule is COc1ccccc1OCc1ccc(C(=O)OCC(=O)c2ccc(C)cc2)cc1. The molecule has 0 aliphatic carbocycles. The third-order valence-corrected chi connectivity index (χ3v) is 4.36. The van der Waals surface area contributed by atoms with Crippen LogP contribution >= 0.6 is 0 Å². The van der Waals surface area contributed by atoms with E-state index < -0.39 is 5.97 Å². The van der Waals surface area contributed by atoms with Gasteiger partial charge in [-0.05, 0) is 36.8 Å². The molecule has 0 N–H and O–H groups in total. The summed E-state index contributed by atoms with van der Waals surface area (Å²) in [5.41, 5.74) is 2.85. The Morgan fingerprint density at radius 2 is 1.41 bits per heavy atom. The van der Waals surface area contributed by atoms with Crippen molar-refractivity contribution in [2.24, 2.45) is 0 Å². The van der Waals surface area contributed by atoms with Gasteiger partial charge in [-0.3, -0.25) is 4.79 Å². The Bertz CT molecular complexity index is 975. The molecule has 0 fully saturated rings. The number of rotatable bonds is 8. The molecule has 0 saturated carbocycles. The Kier molecular flexibility index (Phi) is 6.63. The Hall–Kier alpha value is -3.60. The van der Waals surface area contributed by atoms with Crippen molar-refractivity contribution in [3.8, 4) is 11.5 Å². The summed E-state index contributed by atoms with van der Waals surface area (Å²) in [4.78, 5) is 24.3. The molecule has 0 saturated heterocycles. The van der Waals surface area contributed by atoms with Crippen LogP contribution in [0.1, 0.15) is 31.8 Å². The molecule has 29 heavy (non-hydrogen) atoms. The molecule has 0 spiro atoms. The fraction of sp³-hybridized carbons (Fsp3) is 0.167. The number of hydrogen-bond donors (Lipinski definition) is 0. The number of Topliss-reactive ketones (excluding diaryl/α,β-unsaturated/α-hetero) is 1. The third kappa shape index (κ3) is 5.45. The molecule has 0 atom stereocenters. The highest BCUT2D eigenvalue weighted by Gasteiger charge is 2.12. The maximum Gasteiger partial charge on any atom is 0.338 e. The molecule has 0 bridgehead atoms. The number of carbonyl (C=O) groups is 2. The van der Waals surface area contributed by atoms with E-state index in [1.807, 2.05) is 43.3 Å². The highest BCUT2D eigenvalue weighted by Crippen LogP contribution is 2.26. The van der Waals surface area contributed by atoms with Crippen LogP contribution in [0.2, 0.25) is 0 Å². The van der Waals surface area contributed by atoms with Crippen molar-refractivity contribution < 1.29 is 23.8 Å². The lowest BCUT2D eigenvalue weighted by Gasteiger charge is -2.10. The zero-order chi connectivity index (χ0) is 20.6. The van der Waals surface area contributed by atoms with E-state index in [0.29, 0.717) is 29.2 Å². The predicted octanol–water partition coefficient (Wildman–Crippen LogP) is 4.62. The van der Waals surface area contributed by atoms with E-state index in [1.54, 1.807) is 43.5 Å². The second-order valence-electron chi connectivity index (χ2n) is 6.50. The van der Waals surface area contributed by atoms with E-state index in [-0.39, 0.29) is 12.4 Å². The predicted molar refractivity (Wildman–Crippen MR) is 110 cm³/mol. The van der Waals surface area contributed by atoms with E-state index in [9.17, 15) is 9.59 Å². The quantitative estimate of drug-likeness (QED) is 0.415. The number of hydrogen-bond acceptors (Lipinski definition) is 5. The number of ether oxygens (including phenoxy) is 3. The van der Waals surface area contributed by atoms with E-state index in [0.717, 1.165) is 11.1 Å². The first-order valence-electron chi connectivity index (χ1n) is 9.18. The van der Waals surface area contributed by atoms with Gasteiger partial charge in [-0.25, -0.2) is 4.79 Å². The third-order valence-electron chi connectivity index (χ3n) is 4.36. The van der Waals surface area contributed by atoms with Gasteiger partial charge in [0.05, 0.1) is 12.7 Å². The summed E-state index contributed by atoms with van der Waals surface area (Å²) in [6.07, 6.45) is 0. The van der Waals surface area contributed by atoms with Gasteiger partial charge in [-0.15, -0.1) is 0 Å². The van der Waals surface area contributed by atoms with Crippen LogP contribution in [0.3, 0.4) is 0 Å². The first-order valence-corrected chi connectivity index (χ1v) is 9.18. The summed E-state index contributed by atoms with van der Waals surface area (Å²) >= 11 is 0. The topological polar surface area (TPSA) is 61.8 Å². The molecule has 3 aromatic carbocycles. The van der Waals surface area contributed by atoms with Crippen LogP contribution in [-0.4, -0.2) is 25.5 Å². The lowest BCUT2D eigenvalue weighted by molar-refractivity contribution is 0.0474. The fourth-order valence-corrected chi connectivity index (χ4v) is 2.67. The molecule has 0 aliphatic heterocycles. The normalized spacial score (nSPS) is 10.3. The fourth-order valence-electron chi connectivity index (χ4n) is 2.67. The van der Waals surface area contributed by atoms with Gasteiger partial charge in [-0.1, -0.05) is 54.1 Å². The Morgan fingerprint density at radius 1 is 0.793 bits per heavy atom. The van der Waals surface area contributed by atoms with Crippen LogP contribution in [0, 0.1) is 6.92 Å². The van der Waals surface area contributed by atoms with Crippen molar-refractivity contribution in [1.82, 2.24) is 0 Å². The van der Waals surface area contributed by atoms with Gasteiger partial charge >= 0.3 is 5.97 Å². The van der Waals surface area contributed by atoms with Gasteiger partial charge in [-0.2, -0.15) is 0 Å². The summed E-state index contributed by atoms with van der Waals surface area (Å²) in [5.74, 6) is 0.530. The first kappa shape index (κ1) is 20.1. The minimum absolute atomic E-state index is 0.236. The van der Waals surface area contributed by atoms with Crippen molar-refractivity contribution in [3.05, 3.63) is 95.1 Å². The van der Waals surface area contributed by atoms with Gasteiger partial charge in [0.1, 0.15) is 6.61 Å². The summed E-state index contributed by atoms with van der Waals surface area (Å²) in [5, 5.41) is 0. The molecule has 0 heterocycles. The van der Waals surface area contributed by atoms with Gasteiger partial charge < -0.3 is 14.2 Å². The maximum atomic E-state index is 12.2. The summed E-state index contributed by atoms with van der Waals surface area (Å²) < 4.78 is 16.2. The minimum atomic E-state index is -0.539. The number of ketones is 1. The van der Waals surface area contributed by atoms with E-state index in [2.05, 4.69) is 0 Å². The molecule has 0 aromatic heterocycles. The zero-order valence-electron chi connectivity index (χ0n) is 16.4. The van der Waals surface area contributed by atoms with Crippen LogP contribution < -0.4 is 9.47 Å². The van der Waals surface area contributed by atoms with Gasteiger partial charge in [0.15, 0.2) is 23.9 Å². The van der Waals surface area contributed by atoms with Crippen molar-refractivity contribution in [3.63, 3.8) is 0 Å². The van der Waals surface area contributed by atoms with Crippen LogP contribution in [-0.2, 0) is 11.3 Å². The minimum Gasteiger partial charge on any atom is -0.493 e. The lowest BCUT2D eigenvalue weighted by atomic mass is 10.1. The molecule has 148 valence electrons. The van der Waals surface area contributed by atoms with Crippen LogP contribution in [0.25, 0.3) is 0 Å². The number of methoxy groups -OCH3 is 1. The standard InChI is InChI=1S/C24H22O5/c1-17-7-11-19(12-8-17)21(25)16-29-24(26)20-13-9-18(10-14-20)15-28-23-6-4-3-5-22(23)27-2/h3-14H,15-16H2,1-2H3. The molecular formula is C24H22O5. The molecule has 3 aromatic rings. The van der Waals surface area contributed by atoms with Crippen molar-refractivity contribution in [2.75, 3.05) is 13.7 Å². The smallest absolute Gasteiger partial charge is 0.338 e. The second kappa shape index (κ2) is 9.55. The van der Waals surface area contributed by atoms with Crippen LogP contribution in [0.4, 0.5) is 0 Å². The highest BCUT2D eigenvalue weighted by atomic mass is 16.5.